The van der Waals surface area contributed by atoms with Gasteiger partial charge in [0.05, 0.1) is 16.6 Å². The lowest BCUT2D eigenvalue weighted by Gasteiger charge is -2.34. The molecule has 4 heterocycles. The molecule has 3 aromatic rings. The van der Waals surface area contributed by atoms with E-state index in [9.17, 15) is 24.3 Å². The highest BCUT2D eigenvalue weighted by molar-refractivity contribution is 6.03. The fourth-order valence-corrected chi connectivity index (χ4v) is 6.03. The van der Waals surface area contributed by atoms with Crippen LogP contribution in [-0.2, 0) is 29.6 Å². The number of hydrogen-bond acceptors (Lipinski definition) is 9. The number of fused-ring (bicyclic) bond motifs is 6. The van der Waals surface area contributed by atoms with Crippen LogP contribution in [0, 0.1) is 5.92 Å². The van der Waals surface area contributed by atoms with Gasteiger partial charge in [0.2, 0.25) is 5.91 Å². The Bertz CT molecular complexity index is 1600. The highest BCUT2D eigenvalue weighted by Gasteiger charge is 2.68. The fourth-order valence-electron chi connectivity index (χ4n) is 6.03. The van der Waals surface area contributed by atoms with Gasteiger partial charge in [0.25, 0.3) is 5.56 Å². The normalized spacial score (nSPS) is 26.8. The largest absolute Gasteiger partial charge is 0.449 e. The molecular formula is C28H28N4O7. The van der Waals surface area contributed by atoms with Crippen LogP contribution in [0.4, 0.5) is 5.69 Å². The summed E-state index contributed by atoms with van der Waals surface area (Å²) >= 11 is 0. The molecule has 3 aliphatic heterocycles. The Morgan fingerprint density at radius 1 is 1.13 bits per heavy atom. The van der Waals surface area contributed by atoms with Crippen molar-refractivity contribution in [2.24, 2.45) is 5.92 Å². The van der Waals surface area contributed by atoms with E-state index in [1.165, 1.54) is 21.5 Å². The molecular weight excluding hydrogens is 504 g/mol. The smallest absolute Gasteiger partial charge is 0.330 e. The number of hydrogen-bond donors (Lipinski definition) is 1. The number of nitrogens with zero attached hydrogens (tertiary/aromatic N) is 4. The summed E-state index contributed by atoms with van der Waals surface area (Å²) in [7, 11) is 0. The van der Waals surface area contributed by atoms with Crippen molar-refractivity contribution in [2.75, 3.05) is 4.90 Å². The number of aliphatic hydroxyl groups is 1. The summed E-state index contributed by atoms with van der Waals surface area (Å²) < 4.78 is 7.38. The molecule has 2 fully saturated rings. The fraction of sp³-hybridized carbons (Fsp3) is 0.393. The zero-order valence-electron chi connectivity index (χ0n) is 21.9. The third-order valence-corrected chi connectivity index (χ3v) is 7.83. The van der Waals surface area contributed by atoms with Crippen molar-refractivity contribution in [1.29, 1.82) is 0 Å². The number of carbonyl (C=O) groups is 3. The van der Waals surface area contributed by atoms with Crippen LogP contribution in [0.1, 0.15) is 57.6 Å². The van der Waals surface area contributed by atoms with Crippen molar-refractivity contribution >= 4 is 34.4 Å². The highest BCUT2D eigenvalue weighted by atomic mass is 16.7. The van der Waals surface area contributed by atoms with Gasteiger partial charge in [-0.1, -0.05) is 44.2 Å². The SMILES string of the molecule is CC(=O)ON1C(C)C(=O)N2c3ccccc3C3(CC(n4c(C(O)C(C)C)nc5ccccc5c4=O)C(=O)O3)C21. The van der Waals surface area contributed by atoms with E-state index in [2.05, 4.69) is 4.98 Å². The van der Waals surface area contributed by atoms with Crippen LogP contribution in [0.15, 0.2) is 53.3 Å². The summed E-state index contributed by atoms with van der Waals surface area (Å²) in [4.78, 5) is 64.6. The molecule has 5 unspecified atom stereocenters. The zero-order valence-corrected chi connectivity index (χ0v) is 21.9. The Hall–Kier alpha value is -4.09. The van der Waals surface area contributed by atoms with Gasteiger partial charge in [0, 0.05) is 18.9 Å². The van der Waals surface area contributed by atoms with E-state index >= 15 is 0 Å². The third kappa shape index (κ3) is 3.46. The molecule has 6 rings (SSSR count). The van der Waals surface area contributed by atoms with Crippen LogP contribution in [-0.4, -0.2) is 49.8 Å². The van der Waals surface area contributed by atoms with Crippen molar-refractivity contribution in [3.63, 3.8) is 0 Å². The summed E-state index contributed by atoms with van der Waals surface area (Å²) in [5, 5.41) is 12.7. The second-order valence-corrected chi connectivity index (χ2v) is 10.6. The lowest BCUT2D eigenvalue weighted by molar-refractivity contribution is -0.221. The Kier molecular flexibility index (Phi) is 5.63. The van der Waals surface area contributed by atoms with Crippen LogP contribution < -0.4 is 10.5 Å². The molecule has 11 heteroatoms. The number of anilines is 1. The van der Waals surface area contributed by atoms with Crippen LogP contribution >= 0.6 is 0 Å². The van der Waals surface area contributed by atoms with Crippen molar-refractivity contribution in [3.8, 4) is 0 Å². The number of ether oxygens (including phenoxy) is 1. The van der Waals surface area contributed by atoms with Gasteiger partial charge in [-0.15, -0.1) is 5.06 Å². The zero-order chi connectivity index (χ0) is 27.8. The predicted molar refractivity (Wildman–Crippen MR) is 138 cm³/mol. The van der Waals surface area contributed by atoms with E-state index in [0.29, 0.717) is 22.2 Å². The average molecular weight is 533 g/mol. The molecule has 0 aliphatic carbocycles. The molecule has 0 bridgehead atoms. The molecule has 39 heavy (non-hydrogen) atoms. The summed E-state index contributed by atoms with van der Waals surface area (Å²) in [6.07, 6.45) is -2.16. The maximum atomic E-state index is 13.9. The van der Waals surface area contributed by atoms with E-state index < -0.39 is 47.5 Å². The molecule has 1 amide bonds. The number of aliphatic hydroxyl groups excluding tert-OH is 1. The minimum absolute atomic E-state index is 0.0560. The minimum Gasteiger partial charge on any atom is -0.449 e. The number of esters is 1. The minimum atomic E-state index is -1.45. The molecule has 0 radical (unpaired) electrons. The van der Waals surface area contributed by atoms with Crippen LogP contribution in [0.2, 0.25) is 0 Å². The van der Waals surface area contributed by atoms with Crippen LogP contribution in [0.3, 0.4) is 0 Å². The number of benzene rings is 2. The first kappa shape index (κ1) is 25.2. The monoisotopic (exact) mass is 532 g/mol. The van der Waals surface area contributed by atoms with Gasteiger partial charge >= 0.3 is 11.9 Å². The standard InChI is InChI=1S/C28H28N4O7/c1-14(2)22(34)23-29-19-11-7-5-9-17(19)25(36)30(23)21-13-28(38-26(21)37)18-10-6-8-12-20(18)31-24(35)15(3)32(27(28)31)39-16(4)33/h5-12,14-15,21-22,27,34H,13H2,1-4H3. The lowest BCUT2D eigenvalue weighted by atomic mass is 9.88. The first-order valence-corrected chi connectivity index (χ1v) is 12.9. The number of amides is 1. The Morgan fingerprint density at radius 3 is 2.54 bits per heavy atom. The molecule has 5 atom stereocenters. The maximum Gasteiger partial charge on any atom is 0.330 e. The second kappa shape index (κ2) is 8.72. The maximum absolute atomic E-state index is 13.9. The number of carbonyl (C=O) groups excluding carboxylic acids is 3. The van der Waals surface area contributed by atoms with Crippen molar-refractivity contribution in [2.45, 2.75) is 64.1 Å². The number of rotatable bonds is 4. The van der Waals surface area contributed by atoms with Gasteiger partial charge in [-0.2, -0.15) is 0 Å². The molecule has 3 aliphatic rings. The van der Waals surface area contributed by atoms with Crippen molar-refractivity contribution in [1.82, 2.24) is 14.6 Å². The van der Waals surface area contributed by atoms with Crippen LogP contribution in [0.25, 0.3) is 10.9 Å². The quantitative estimate of drug-likeness (QED) is 0.503. The molecule has 1 N–H and O–H groups in total. The van der Waals surface area contributed by atoms with Crippen LogP contribution in [0.5, 0.6) is 0 Å². The molecule has 2 saturated heterocycles. The third-order valence-electron chi connectivity index (χ3n) is 7.83. The summed E-state index contributed by atoms with van der Waals surface area (Å²) in [6.45, 7) is 6.43. The summed E-state index contributed by atoms with van der Waals surface area (Å²) in [6, 6.07) is 11.8. The number of aromatic nitrogens is 2. The van der Waals surface area contributed by atoms with Gasteiger partial charge in [0.1, 0.15) is 24.0 Å². The molecule has 2 aromatic carbocycles. The lowest BCUT2D eigenvalue weighted by Crippen LogP contribution is -2.51. The van der Waals surface area contributed by atoms with Gasteiger partial charge in [-0.05, 0) is 31.0 Å². The van der Waals surface area contributed by atoms with Gasteiger partial charge < -0.3 is 14.7 Å². The Labute approximate surface area is 223 Å². The Morgan fingerprint density at radius 2 is 1.82 bits per heavy atom. The summed E-state index contributed by atoms with van der Waals surface area (Å²) in [5.74, 6) is -1.89. The van der Waals surface area contributed by atoms with Gasteiger partial charge in [-0.25, -0.2) is 9.78 Å². The van der Waals surface area contributed by atoms with E-state index in [-0.39, 0.29) is 24.1 Å². The highest BCUT2D eigenvalue weighted by Crippen LogP contribution is 2.57. The van der Waals surface area contributed by atoms with E-state index in [0.717, 1.165) is 0 Å². The molecule has 11 nitrogen and oxygen atoms in total. The molecule has 1 spiro atoms. The molecule has 202 valence electrons. The summed E-state index contributed by atoms with van der Waals surface area (Å²) in [5.41, 5.74) is -0.419. The first-order chi connectivity index (χ1) is 18.6. The van der Waals surface area contributed by atoms with E-state index in [4.69, 9.17) is 9.57 Å². The molecule has 0 saturated carbocycles. The average Bonchev–Trinajstić information content (AvgIpc) is 3.48. The number of hydroxylamine groups is 2. The van der Waals surface area contributed by atoms with E-state index in [1.807, 2.05) is 0 Å². The topological polar surface area (TPSA) is 131 Å². The van der Waals surface area contributed by atoms with Crippen molar-refractivity contribution in [3.05, 3.63) is 70.3 Å². The second-order valence-electron chi connectivity index (χ2n) is 10.6. The number of para-hydroxylation sites is 2. The first-order valence-electron chi connectivity index (χ1n) is 12.9. The van der Waals surface area contributed by atoms with Gasteiger partial charge in [-0.3, -0.25) is 23.9 Å². The van der Waals surface area contributed by atoms with Crippen molar-refractivity contribution < 1.29 is 29.1 Å². The predicted octanol–water partition coefficient (Wildman–Crippen LogP) is 2.32. The molecule has 1 aromatic heterocycles. The Balaban J connectivity index is 1.55. The van der Waals surface area contributed by atoms with E-state index in [1.54, 1.807) is 69.3 Å². The van der Waals surface area contributed by atoms with Gasteiger partial charge in [0.15, 0.2) is 11.8 Å².